The van der Waals surface area contributed by atoms with Crippen LogP contribution in [0.1, 0.15) is 0 Å². The molecule has 1 aromatic heterocycles. The Bertz CT molecular complexity index is 712. The summed E-state index contributed by atoms with van der Waals surface area (Å²) in [7, 11) is -2.67. The van der Waals surface area contributed by atoms with Gasteiger partial charge in [0.25, 0.3) is 10.0 Å². The number of aromatic nitrogens is 3. The minimum absolute atomic E-state index is 0.0124. The summed E-state index contributed by atoms with van der Waals surface area (Å²) in [4.78, 5) is 0. The van der Waals surface area contributed by atoms with Crippen LogP contribution in [0.5, 0.6) is 5.75 Å². The van der Waals surface area contributed by atoms with Crippen molar-refractivity contribution in [2.75, 3.05) is 4.72 Å². The number of nitrogens with one attached hydrogen (secondary N) is 1. The number of nitrogens with zero attached hydrogens (tertiary/aromatic N) is 3. The van der Waals surface area contributed by atoms with Gasteiger partial charge in [-0.15, -0.1) is 5.10 Å². The Morgan fingerprint density at radius 2 is 2.16 bits per heavy atom. The number of anilines is 1. The highest BCUT2D eigenvalue weighted by Gasteiger charge is 2.25. The quantitative estimate of drug-likeness (QED) is 0.811. The van der Waals surface area contributed by atoms with Gasteiger partial charge in [0.15, 0.2) is 4.60 Å². The minimum atomic E-state index is -4.06. The van der Waals surface area contributed by atoms with Crippen LogP contribution in [0, 0.1) is 5.82 Å². The van der Waals surface area contributed by atoms with E-state index in [-0.39, 0.29) is 15.3 Å². The summed E-state index contributed by atoms with van der Waals surface area (Å²) in [6, 6.07) is 2.92. The Morgan fingerprint density at radius 3 is 2.74 bits per heavy atom. The van der Waals surface area contributed by atoms with E-state index in [1.54, 1.807) is 0 Å². The van der Waals surface area contributed by atoms with Gasteiger partial charge in [0, 0.05) is 13.1 Å². The average molecular weight is 351 g/mol. The van der Waals surface area contributed by atoms with Crippen LogP contribution in [0.25, 0.3) is 0 Å². The van der Waals surface area contributed by atoms with Gasteiger partial charge in [-0.05, 0) is 28.1 Å². The molecule has 0 saturated heterocycles. The molecule has 0 fully saturated rings. The number of benzene rings is 1. The van der Waals surface area contributed by atoms with Gasteiger partial charge in [-0.2, -0.15) is 8.42 Å². The SMILES string of the molecule is Cn1nnc(Br)c1S(=O)(=O)Nc1cc(F)ccc1O. The van der Waals surface area contributed by atoms with E-state index in [0.29, 0.717) is 0 Å². The van der Waals surface area contributed by atoms with Crippen molar-refractivity contribution in [2.24, 2.45) is 7.05 Å². The van der Waals surface area contributed by atoms with Crippen molar-refractivity contribution >= 4 is 31.6 Å². The van der Waals surface area contributed by atoms with Gasteiger partial charge in [0.05, 0.1) is 5.69 Å². The van der Waals surface area contributed by atoms with Crippen molar-refractivity contribution < 1.29 is 17.9 Å². The Hall–Kier alpha value is -1.68. The largest absolute Gasteiger partial charge is 0.506 e. The number of sulfonamides is 1. The third-order valence-corrected chi connectivity index (χ3v) is 4.45. The van der Waals surface area contributed by atoms with Gasteiger partial charge in [-0.3, -0.25) is 4.72 Å². The van der Waals surface area contributed by atoms with Gasteiger partial charge in [-0.25, -0.2) is 9.07 Å². The summed E-state index contributed by atoms with van der Waals surface area (Å²) < 4.78 is 40.3. The van der Waals surface area contributed by atoms with Crippen LogP contribution in [0.3, 0.4) is 0 Å². The first-order valence-electron chi connectivity index (χ1n) is 4.88. The summed E-state index contributed by atoms with van der Waals surface area (Å²) in [6.45, 7) is 0. The predicted molar refractivity (Wildman–Crippen MR) is 67.6 cm³/mol. The van der Waals surface area contributed by atoms with Crippen molar-refractivity contribution in [3.63, 3.8) is 0 Å². The third-order valence-electron chi connectivity index (χ3n) is 2.19. The molecule has 0 aliphatic rings. The molecule has 0 spiro atoms. The monoisotopic (exact) mass is 350 g/mol. The van der Waals surface area contributed by atoms with Gasteiger partial charge >= 0.3 is 0 Å². The molecular weight excluding hydrogens is 343 g/mol. The molecule has 1 heterocycles. The molecule has 0 atom stereocenters. The molecule has 2 N–H and O–H groups in total. The molecular formula is C9H8BrFN4O3S. The number of rotatable bonds is 3. The molecule has 2 aromatic rings. The standard InChI is InChI=1S/C9H8BrFN4O3S/c1-15-9(8(10)12-14-15)19(17,18)13-6-4-5(11)2-3-7(6)16/h2-4,13,16H,1H3. The highest BCUT2D eigenvalue weighted by Crippen LogP contribution is 2.27. The average Bonchev–Trinajstić information content (AvgIpc) is 2.64. The first kappa shape index (κ1) is 13.7. The molecule has 10 heteroatoms. The minimum Gasteiger partial charge on any atom is -0.506 e. The van der Waals surface area contributed by atoms with Crippen LogP contribution in [0.2, 0.25) is 0 Å². The molecule has 1 aromatic carbocycles. The second kappa shape index (κ2) is 4.78. The van der Waals surface area contributed by atoms with E-state index in [0.717, 1.165) is 22.9 Å². The van der Waals surface area contributed by atoms with E-state index >= 15 is 0 Å². The topological polar surface area (TPSA) is 97.1 Å². The third kappa shape index (κ3) is 2.68. The summed E-state index contributed by atoms with van der Waals surface area (Å²) in [5.74, 6) is -1.08. The maximum atomic E-state index is 13.0. The van der Waals surface area contributed by atoms with Gasteiger partial charge < -0.3 is 5.11 Å². The first-order valence-corrected chi connectivity index (χ1v) is 7.15. The molecule has 0 unspecified atom stereocenters. The lowest BCUT2D eigenvalue weighted by molar-refractivity contribution is 0.475. The fourth-order valence-electron chi connectivity index (χ4n) is 1.39. The van der Waals surface area contributed by atoms with Crippen LogP contribution in [-0.2, 0) is 17.1 Å². The molecule has 19 heavy (non-hydrogen) atoms. The lowest BCUT2D eigenvalue weighted by atomic mass is 10.3. The Labute approximate surface area is 116 Å². The molecule has 0 aliphatic carbocycles. The number of aromatic hydroxyl groups is 1. The van der Waals surface area contributed by atoms with E-state index in [4.69, 9.17) is 0 Å². The summed E-state index contributed by atoms with van der Waals surface area (Å²) in [6.07, 6.45) is 0. The molecule has 0 bridgehead atoms. The summed E-state index contributed by atoms with van der Waals surface area (Å²) >= 11 is 2.95. The highest BCUT2D eigenvalue weighted by molar-refractivity contribution is 9.10. The highest BCUT2D eigenvalue weighted by atomic mass is 79.9. The number of phenols is 1. The van der Waals surface area contributed by atoms with E-state index in [1.165, 1.54) is 7.05 Å². The molecule has 0 aliphatic heterocycles. The number of halogens is 2. The van der Waals surface area contributed by atoms with Crippen LogP contribution < -0.4 is 4.72 Å². The number of hydrogen-bond acceptors (Lipinski definition) is 5. The zero-order valence-corrected chi connectivity index (χ0v) is 11.9. The second-order valence-corrected chi connectivity index (χ2v) is 5.92. The Kier molecular flexibility index (Phi) is 3.45. The van der Waals surface area contributed by atoms with E-state index in [1.807, 2.05) is 0 Å². The lowest BCUT2D eigenvalue weighted by Crippen LogP contribution is -2.17. The smallest absolute Gasteiger partial charge is 0.282 e. The van der Waals surface area contributed by atoms with Crippen molar-refractivity contribution in [3.05, 3.63) is 28.6 Å². The van der Waals surface area contributed by atoms with Crippen molar-refractivity contribution in [1.82, 2.24) is 15.0 Å². The number of hydrogen-bond donors (Lipinski definition) is 2. The van der Waals surface area contributed by atoms with E-state index < -0.39 is 21.6 Å². The molecule has 0 amide bonds. The van der Waals surface area contributed by atoms with Crippen LogP contribution in [-0.4, -0.2) is 28.5 Å². The molecule has 0 radical (unpaired) electrons. The van der Waals surface area contributed by atoms with Gasteiger partial charge in [0.1, 0.15) is 11.6 Å². The maximum Gasteiger partial charge on any atom is 0.282 e. The van der Waals surface area contributed by atoms with Gasteiger partial charge in [0.2, 0.25) is 5.03 Å². The molecule has 7 nitrogen and oxygen atoms in total. The second-order valence-electron chi connectivity index (χ2n) is 3.58. The first-order chi connectivity index (χ1) is 8.81. The normalized spacial score (nSPS) is 11.5. The van der Waals surface area contributed by atoms with Crippen molar-refractivity contribution in [2.45, 2.75) is 5.03 Å². The Balaban J connectivity index is 2.45. The van der Waals surface area contributed by atoms with Crippen LogP contribution in [0.15, 0.2) is 27.8 Å². The zero-order chi connectivity index (χ0) is 14.2. The van der Waals surface area contributed by atoms with Crippen molar-refractivity contribution in [3.8, 4) is 5.75 Å². The summed E-state index contributed by atoms with van der Waals surface area (Å²) in [5.41, 5.74) is -0.270. The molecule has 2 rings (SSSR count). The number of phenolic OH excluding ortho intramolecular Hbond substituents is 1. The lowest BCUT2D eigenvalue weighted by Gasteiger charge is -2.09. The fourth-order valence-corrected chi connectivity index (χ4v) is 3.55. The molecule has 102 valence electrons. The van der Waals surface area contributed by atoms with Crippen LogP contribution in [0.4, 0.5) is 10.1 Å². The fraction of sp³-hybridized carbons (Fsp3) is 0.111. The van der Waals surface area contributed by atoms with E-state index in [2.05, 4.69) is 31.0 Å². The van der Waals surface area contributed by atoms with Gasteiger partial charge in [-0.1, -0.05) is 5.21 Å². The number of aryl methyl sites for hydroxylation is 1. The Morgan fingerprint density at radius 1 is 1.47 bits per heavy atom. The van der Waals surface area contributed by atoms with Crippen molar-refractivity contribution in [1.29, 1.82) is 0 Å². The summed E-state index contributed by atoms with van der Waals surface area (Å²) in [5, 5.41) is 16.3. The molecule has 0 saturated carbocycles. The predicted octanol–water partition coefficient (Wildman–Crippen LogP) is 1.22. The zero-order valence-electron chi connectivity index (χ0n) is 9.50. The van der Waals surface area contributed by atoms with E-state index in [9.17, 15) is 17.9 Å². The van der Waals surface area contributed by atoms with Crippen LogP contribution >= 0.6 is 15.9 Å². The maximum absolute atomic E-state index is 13.0.